The van der Waals surface area contributed by atoms with Crippen LogP contribution in [0.1, 0.15) is 19.0 Å². The van der Waals surface area contributed by atoms with Gasteiger partial charge in [0.05, 0.1) is 0 Å². The molecule has 13 heavy (non-hydrogen) atoms. The second-order valence-electron chi connectivity index (χ2n) is 3.00. The molecule has 1 aromatic rings. The molecule has 0 N–H and O–H groups in total. The lowest BCUT2D eigenvalue weighted by Crippen LogP contribution is -2.23. The van der Waals surface area contributed by atoms with Crippen molar-refractivity contribution >= 4 is 5.78 Å². The lowest BCUT2D eigenvalue weighted by atomic mass is 10.3. The monoisotopic (exact) mass is 180 g/mol. The number of nitrogens with zero attached hydrogens (tertiary/aromatic N) is 2. The van der Waals surface area contributed by atoms with Crippen molar-refractivity contribution in [2.24, 2.45) is 0 Å². The van der Waals surface area contributed by atoms with Crippen molar-refractivity contribution in [3.63, 3.8) is 0 Å². The third kappa shape index (κ3) is 2.82. The zero-order valence-corrected chi connectivity index (χ0v) is 7.78. The fraction of sp³-hybridized carbons (Fsp3) is 0.444. The summed E-state index contributed by atoms with van der Waals surface area (Å²) in [6, 6.07) is 1.75. The molecule has 4 heteroatoms. The minimum atomic E-state index is -0.291. The van der Waals surface area contributed by atoms with E-state index in [4.69, 9.17) is 0 Å². The minimum absolute atomic E-state index is 0.0764. The van der Waals surface area contributed by atoms with Crippen molar-refractivity contribution < 1.29 is 4.79 Å². The average Bonchev–Trinajstić information content (AvgIpc) is 2.02. The zero-order valence-electron chi connectivity index (χ0n) is 7.78. The number of carbonyl (C=O) groups is 1. The van der Waals surface area contributed by atoms with E-state index in [0.717, 1.165) is 0 Å². The number of hydrogen-bond acceptors (Lipinski definition) is 3. The molecule has 4 nitrogen and oxygen atoms in total. The van der Waals surface area contributed by atoms with Crippen LogP contribution in [0.5, 0.6) is 0 Å². The van der Waals surface area contributed by atoms with Crippen LogP contribution in [0.25, 0.3) is 0 Å². The van der Waals surface area contributed by atoms with Crippen LogP contribution in [0.15, 0.2) is 17.1 Å². The number of rotatable bonds is 3. The molecule has 0 saturated carbocycles. The first kappa shape index (κ1) is 9.64. The fourth-order valence-electron chi connectivity index (χ4n) is 0.962. The predicted molar refractivity (Wildman–Crippen MR) is 48.5 cm³/mol. The van der Waals surface area contributed by atoms with E-state index < -0.39 is 0 Å². The fourth-order valence-corrected chi connectivity index (χ4v) is 0.962. The highest BCUT2D eigenvalue weighted by Crippen LogP contribution is 1.90. The number of ketones is 1. The van der Waals surface area contributed by atoms with E-state index in [2.05, 4.69) is 4.98 Å². The van der Waals surface area contributed by atoms with Gasteiger partial charge in [0.2, 0.25) is 0 Å². The van der Waals surface area contributed by atoms with Gasteiger partial charge in [-0.3, -0.25) is 9.36 Å². The van der Waals surface area contributed by atoms with E-state index in [-0.39, 0.29) is 11.5 Å². The van der Waals surface area contributed by atoms with E-state index in [1.807, 2.05) is 0 Å². The van der Waals surface area contributed by atoms with Gasteiger partial charge in [0.1, 0.15) is 5.78 Å². The van der Waals surface area contributed by atoms with E-state index in [0.29, 0.717) is 18.7 Å². The van der Waals surface area contributed by atoms with Gasteiger partial charge in [-0.15, -0.1) is 0 Å². The summed E-state index contributed by atoms with van der Waals surface area (Å²) >= 11 is 0. The highest BCUT2D eigenvalue weighted by molar-refractivity contribution is 5.75. The molecular weight excluding hydrogens is 168 g/mol. The van der Waals surface area contributed by atoms with Gasteiger partial charge in [0.15, 0.2) is 0 Å². The molecular formula is C9H12N2O2. The van der Waals surface area contributed by atoms with Crippen LogP contribution in [0.3, 0.4) is 0 Å². The van der Waals surface area contributed by atoms with E-state index >= 15 is 0 Å². The first-order valence-corrected chi connectivity index (χ1v) is 4.13. The third-order valence-corrected chi connectivity index (χ3v) is 1.72. The standard InChI is InChI=1S/C9H12N2O2/c1-7-3-5-11(9(13)10-7)6-4-8(2)12/h3,5H,4,6H2,1-2H3. The summed E-state index contributed by atoms with van der Waals surface area (Å²) in [7, 11) is 0. The second kappa shape index (κ2) is 3.98. The number of hydrogen-bond donors (Lipinski definition) is 0. The number of aryl methyl sites for hydroxylation is 2. The maximum Gasteiger partial charge on any atom is 0.347 e. The Morgan fingerprint density at radius 2 is 2.31 bits per heavy atom. The maximum atomic E-state index is 11.2. The van der Waals surface area contributed by atoms with Crippen LogP contribution in [0.4, 0.5) is 0 Å². The molecule has 0 bridgehead atoms. The summed E-state index contributed by atoms with van der Waals surface area (Å²) < 4.78 is 1.44. The summed E-state index contributed by atoms with van der Waals surface area (Å²) in [5, 5.41) is 0. The molecule has 70 valence electrons. The molecule has 0 aliphatic heterocycles. The Labute approximate surface area is 76.2 Å². The van der Waals surface area contributed by atoms with Crippen molar-refractivity contribution in [1.29, 1.82) is 0 Å². The number of Topliss-reactive ketones (excluding diaryl/α,β-unsaturated/α-hetero) is 1. The normalized spacial score (nSPS) is 10.0. The zero-order chi connectivity index (χ0) is 9.84. The SMILES string of the molecule is CC(=O)CCn1ccc(C)nc1=O. The predicted octanol–water partition coefficient (Wildman–Crippen LogP) is 0.531. The topological polar surface area (TPSA) is 52.0 Å². The Bertz CT molecular complexity index is 368. The van der Waals surface area contributed by atoms with Crippen LogP contribution in [-0.2, 0) is 11.3 Å². The van der Waals surface area contributed by atoms with Gasteiger partial charge < -0.3 is 0 Å². The van der Waals surface area contributed by atoms with E-state index in [1.54, 1.807) is 19.2 Å². The van der Waals surface area contributed by atoms with Crippen molar-refractivity contribution in [3.05, 3.63) is 28.4 Å². The number of carbonyl (C=O) groups excluding carboxylic acids is 1. The molecule has 0 spiro atoms. The highest BCUT2D eigenvalue weighted by Gasteiger charge is 1.98. The summed E-state index contributed by atoms with van der Waals surface area (Å²) in [4.78, 5) is 25.6. The van der Waals surface area contributed by atoms with Crippen LogP contribution in [-0.4, -0.2) is 15.3 Å². The molecule has 0 aromatic carbocycles. The molecule has 0 unspecified atom stereocenters. The van der Waals surface area contributed by atoms with Crippen molar-refractivity contribution in [2.45, 2.75) is 26.8 Å². The van der Waals surface area contributed by atoms with Gasteiger partial charge >= 0.3 is 5.69 Å². The van der Waals surface area contributed by atoms with Crippen LogP contribution < -0.4 is 5.69 Å². The van der Waals surface area contributed by atoms with Gasteiger partial charge in [-0.1, -0.05) is 0 Å². The van der Waals surface area contributed by atoms with Gasteiger partial charge in [-0.05, 0) is 19.9 Å². The van der Waals surface area contributed by atoms with Gasteiger partial charge in [-0.2, -0.15) is 4.98 Å². The van der Waals surface area contributed by atoms with Crippen LogP contribution in [0, 0.1) is 6.92 Å². The van der Waals surface area contributed by atoms with Crippen molar-refractivity contribution in [3.8, 4) is 0 Å². The second-order valence-corrected chi connectivity index (χ2v) is 3.00. The Balaban J connectivity index is 2.78. The molecule has 0 aliphatic carbocycles. The molecule has 0 radical (unpaired) electrons. The quantitative estimate of drug-likeness (QED) is 0.681. The van der Waals surface area contributed by atoms with Gasteiger partial charge in [-0.25, -0.2) is 4.79 Å². The molecule has 0 aliphatic rings. The molecule has 1 rings (SSSR count). The van der Waals surface area contributed by atoms with Crippen molar-refractivity contribution in [1.82, 2.24) is 9.55 Å². The minimum Gasteiger partial charge on any atom is -0.300 e. The van der Waals surface area contributed by atoms with Gasteiger partial charge in [0.25, 0.3) is 0 Å². The summed E-state index contributed by atoms with van der Waals surface area (Å²) in [5.74, 6) is 0.0764. The Morgan fingerprint density at radius 1 is 1.62 bits per heavy atom. The Morgan fingerprint density at radius 3 is 2.85 bits per heavy atom. The lowest BCUT2D eigenvalue weighted by Gasteiger charge is -2.02. The average molecular weight is 180 g/mol. The number of aromatic nitrogens is 2. The Kier molecular flexibility index (Phi) is 2.95. The Hall–Kier alpha value is -1.45. The van der Waals surface area contributed by atoms with Crippen LogP contribution >= 0.6 is 0 Å². The largest absolute Gasteiger partial charge is 0.347 e. The molecule has 0 saturated heterocycles. The summed E-state index contributed by atoms with van der Waals surface area (Å²) in [5.41, 5.74) is 0.408. The van der Waals surface area contributed by atoms with Crippen LogP contribution in [0.2, 0.25) is 0 Å². The molecule has 1 heterocycles. The first-order valence-electron chi connectivity index (χ1n) is 4.13. The van der Waals surface area contributed by atoms with E-state index in [1.165, 1.54) is 11.5 Å². The molecule has 1 aromatic heterocycles. The maximum absolute atomic E-state index is 11.2. The third-order valence-electron chi connectivity index (χ3n) is 1.72. The van der Waals surface area contributed by atoms with Gasteiger partial charge in [0, 0.05) is 24.9 Å². The smallest absolute Gasteiger partial charge is 0.300 e. The molecule has 0 atom stereocenters. The summed E-state index contributed by atoms with van der Waals surface area (Å²) in [6.07, 6.45) is 2.04. The molecule has 0 fully saturated rings. The highest BCUT2D eigenvalue weighted by atomic mass is 16.1. The lowest BCUT2D eigenvalue weighted by molar-refractivity contribution is -0.117. The van der Waals surface area contributed by atoms with Crippen molar-refractivity contribution in [2.75, 3.05) is 0 Å². The molecule has 0 amide bonds. The first-order chi connectivity index (χ1) is 6.09. The van der Waals surface area contributed by atoms with E-state index in [9.17, 15) is 9.59 Å². The summed E-state index contributed by atoms with van der Waals surface area (Å²) in [6.45, 7) is 3.69.